The second-order valence-corrected chi connectivity index (χ2v) is 12.7. The summed E-state index contributed by atoms with van der Waals surface area (Å²) in [5, 5.41) is 0.376. The quantitative estimate of drug-likeness (QED) is 0.0716. The highest BCUT2D eigenvalue weighted by Crippen LogP contribution is 2.37. The van der Waals surface area contributed by atoms with Crippen LogP contribution >= 0.6 is 0 Å². The summed E-state index contributed by atoms with van der Waals surface area (Å²) in [5.74, 6) is -4.60. The molecule has 0 aliphatic carbocycles. The first-order chi connectivity index (χ1) is 21.7. The Morgan fingerprint density at radius 1 is 0.872 bits per heavy atom. The van der Waals surface area contributed by atoms with Crippen molar-refractivity contribution in [2.45, 2.75) is 83.2 Å². The first kappa shape index (κ1) is 37.5. The normalized spacial score (nSPS) is 13.4. The van der Waals surface area contributed by atoms with E-state index in [0.717, 1.165) is 6.07 Å². The maximum Gasteiger partial charge on any atom is 0.573 e. The number of alkyl halides is 5. The molecule has 0 fully saturated rings. The summed E-state index contributed by atoms with van der Waals surface area (Å²) in [5.41, 5.74) is 9.41. The number of esters is 1. The summed E-state index contributed by atoms with van der Waals surface area (Å²) in [6.45, 7) is 6.65. The van der Waals surface area contributed by atoms with E-state index < -0.39 is 59.5 Å². The van der Waals surface area contributed by atoms with Crippen molar-refractivity contribution >= 4 is 16.9 Å². The van der Waals surface area contributed by atoms with Gasteiger partial charge in [0, 0.05) is 47.0 Å². The van der Waals surface area contributed by atoms with Crippen LogP contribution in [0.1, 0.15) is 59.8 Å². The Bertz CT molecular complexity index is 1580. The number of fused-ring (bicyclic) bond motifs is 1. The molecule has 1 atom stereocenters. The van der Waals surface area contributed by atoms with Crippen LogP contribution in [0.2, 0.25) is 0 Å². The second kappa shape index (κ2) is 14.9. The molecule has 0 aliphatic rings. The van der Waals surface area contributed by atoms with Crippen molar-refractivity contribution in [2.24, 2.45) is 17.4 Å². The molecular weight excluding hydrogens is 631 g/mol. The average Bonchev–Trinajstić information content (AvgIpc) is 2.94. The summed E-state index contributed by atoms with van der Waals surface area (Å²) in [4.78, 5) is 25.3. The van der Waals surface area contributed by atoms with Crippen LogP contribution < -0.4 is 31.3 Å². The number of benzene rings is 2. The summed E-state index contributed by atoms with van der Waals surface area (Å²) >= 11 is 0. The minimum atomic E-state index is -5.02. The molecule has 0 saturated heterocycles. The molecule has 3 aromatic rings. The highest BCUT2D eigenvalue weighted by Gasteiger charge is 2.37. The Labute approximate surface area is 269 Å². The first-order valence-corrected chi connectivity index (χ1v) is 14.9. The lowest BCUT2D eigenvalue weighted by molar-refractivity contribution is -0.274. The van der Waals surface area contributed by atoms with Gasteiger partial charge in [0.25, 0.3) is 0 Å². The molecule has 0 amide bonds. The van der Waals surface area contributed by atoms with Crippen LogP contribution in [0.25, 0.3) is 22.1 Å². The number of carbonyl (C=O) groups excluding carboxylic acids is 1. The van der Waals surface area contributed by atoms with Crippen LogP contribution in [0.4, 0.5) is 22.0 Å². The second-order valence-electron chi connectivity index (χ2n) is 12.7. The SMILES string of the molecule is COc1ccc(-c2cc3ccc(OCCCC(F)(F)CCCOC(=O)C(CC(C)(C)N)C(C)(C)N)cc3oc2=O)c(OC(F)(F)F)c1. The topological polar surface area (TPSA) is 136 Å². The van der Waals surface area contributed by atoms with Gasteiger partial charge in [-0.3, -0.25) is 4.79 Å². The Balaban J connectivity index is 1.55. The van der Waals surface area contributed by atoms with Gasteiger partial charge in [-0.1, -0.05) is 0 Å². The molecule has 2 aromatic carbocycles. The molecule has 3 rings (SSSR count). The van der Waals surface area contributed by atoms with Gasteiger partial charge in [0.1, 0.15) is 22.8 Å². The third-order valence-electron chi connectivity index (χ3n) is 7.21. The number of hydrogen-bond acceptors (Lipinski definition) is 9. The first-order valence-electron chi connectivity index (χ1n) is 14.9. The largest absolute Gasteiger partial charge is 0.573 e. The number of rotatable bonds is 16. The summed E-state index contributed by atoms with van der Waals surface area (Å²) < 4.78 is 93.2. The van der Waals surface area contributed by atoms with Crippen LogP contribution in [0, 0.1) is 5.92 Å². The highest BCUT2D eigenvalue weighted by molar-refractivity contribution is 5.84. The number of methoxy groups -OCH3 is 1. The molecule has 4 N–H and O–H groups in total. The fourth-order valence-corrected chi connectivity index (χ4v) is 4.86. The predicted octanol–water partition coefficient (Wildman–Crippen LogP) is 6.97. The fraction of sp³-hybridized carbons (Fsp3) is 0.515. The van der Waals surface area contributed by atoms with E-state index in [9.17, 15) is 31.5 Å². The van der Waals surface area contributed by atoms with E-state index in [-0.39, 0.29) is 60.7 Å². The Kier molecular flexibility index (Phi) is 11.9. The van der Waals surface area contributed by atoms with E-state index in [1.807, 2.05) is 0 Å². The van der Waals surface area contributed by atoms with E-state index in [0.29, 0.717) is 5.39 Å². The van der Waals surface area contributed by atoms with Crippen LogP contribution in [-0.2, 0) is 9.53 Å². The maximum atomic E-state index is 14.5. The monoisotopic (exact) mass is 672 g/mol. The molecule has 14 heteroatoms. The van der Waals surface area contributed by atoms with Gasteiger partial charge in [-0.25, -0.2) is 13.6 Å². The van der Waals surface area contributed by atoms with Gasteiger partial charge < -0.3 is 34.8 Å². The number of nitrogens with two attached hydrogens (primary N) is 2. The predicted molar refractivity (Wildman–Crippen MR) is 166 cm³/mol. The van der Waals surface area contributed by atoms with Gasteiger partial charge >= 0.3 is 18.0 Å². The lowest BCUT2D eigenvalue weighted by Gasteiger charge is -2.33. The van der Waals surface area contributed by atoms with Crippen molar-refractivity contribution in [3.05, 3.63) is 52.9 Å². The van der Waals surface area contributed by atoms with Crippen molar-refractivity contribution in [1.82, 2.24) is 0 Å². The minimum absolute atomic E-state index is 0.00217. The maximum absolute atomic E-state index is 14.5. The zero-order valence-corrected chi connectivity index (χ0v) is 27.0. The highest BCUT2D eigenvalue weighted by atomic mass is 19.4. The fourth-order valence-electron chi connectivity index (χ4n) is 4.86. The van der Waals surface area contributed by atoms with Gasteiger partial charge in [-0.15, -0.1) is 13.2 Å². The molecule has 0 spiro atoms. The van der Waals surface area contributed by atoms with Crippen molar-refractivity contribution in [1.29, 1.82) is 0 Å². The molecule has 0 radical (unpaired) electrons. The third-order valence-corrected chi connectivity index (χ3v) is 7.21. The molecule has 1 aromatic heterocycles. The smallest absolute Gasteiger partial charge is 0.497 e. The molecule has 0 saturated carbocycles. The Morgan fingerprint density at radius 3 is 2.11 bits per heavy atom. The van der Waals surface area contributed by atoms with Gasteiger partial charge in [0.15, 0.2) is 0 Å². The molecular formula is C33H41F5N2O7. The standard InChI is InChI=1S/C33H41F5N2O7/c1-30(2,39)19-25(31(3,4)40)29(42)45-15-7-13-32(34,35)12-6-14-44-22-9-8-20-16-24(28(41)46-26(20)18-22)23-11-10-21(43-5)17-27(23)47-33(36,37)38/h8-11,16-18,25H,6-7,12-15,19,39-40H2,1-5H3. The molecule has 47 heavy (non-hydrogen) atoms. The number of ether oxygens (including phenoxy) is 4. The minimum Gasteiger partial charge on any atom is -0.497 e. The zero-order valence-electron chi connectivity index (χ0n) is 27.0. The summed E-state index contributed by atoms with van der Waals surface area (Å²) in [6.07, 6.45) is -5.75. The molecule has 1 heterocycles. The van der Waals surface area contributed by atoms with Gasteiger partial charge in [-0.2, -0.15) is 0 Å². The number of carbonyl (C=O) groups is 1. The van der Waals surface area contributed by atoms with E-state index in [4.69, 9.17) is 30.1 Å². The van der Waals surface area contributed by atoms with Crippen LogP contribution in [0.15, 0.2) is 51.7 Å². The lowest BCUT2D eigenvalue weighted by Crippen LogP contribution is -2.50. The Morgan fingerprint density at radius 2 is 1.51 bits per heavy atom. The third kappa shape index (κ3) is 11.7. The van der Waals surface area contributed by atoms with Gasteiger partial charge in [-0.05, 0) is 77.3 Å². The summed E-state index contributed by atoms with van der Waals surface area (Å²) in [7, 11) is 1.27. The van der Waals surface area contributed by atoms with Crippen molar-refractivity contribution in [3.63, 3.8) is 0 Å². The zero-order chi connectivity index (χ0) is 35.2. The van der Waals surface area contributed by atoms with Crippen LogP contribution in [0.3, 0.4) is 0 Å². The number of halogens is 5. The van der Waals surface area contributed by atoms with Gasteiger partial charge in [0.05, 0.1) is 31.8 Å². The van der Waals surface area contributed by atoms with E-state index in [1.165, 1.54) is 43.5 Å². The van der Waals surface area contributed by atoms with Crippen LogP contribution in [0.5, 0.6) is 17.2 Å². The van der Waals surface area contributed by atoms with Crippen LogP contribution in [-0.4, -0.2) is 49.7 Å². The summed E-state index contributed by atoms with van der Waals surface area (Å²) in [6, 6.07) is 9.40. The molecule has 9 nitrogen and oxygen atoms in total. The van der Waals surface area contributed by atoms with Crippen molar-refractivity contribution in [3.8, 4) is 28.4 Å². The average molecular weight is 673 g/mol. The Hall–Kier alpha value is -3.91. The molecule has 1 unspecified atom stereocenters. The van der Waals surface area contributed by atoms with E-state index >= 15 is 0 Å². The van der Waals surface area contributed by atoms with E-state index in [1.54, 1.807) is 27.7 Å². The number of hydrogen-bond donors (Lipinski definition) is 2. The van der Waals surface area contributed by atoms with Crippen molar-refractivity contribution in [2.75, 3.05) is 20.3 Å². The van der Waals surface area contributed by atoms with Crippen molar-refractivity contribution < 1.29 is 50.1 Å². The molecule has 0 bridgehead atoms. The van der Waals surface area contributed by atoms with Gasteiger partial charge in [0.2, 0.25) is 5.92 Å². The molecule has 260 valence electrons. The lowest BCUT2D eigenvalue weighted by atomic mass is 9.80. The van der Waals surface area contributed by atoms with E-state index in [2.05, 4.69) is 4.74 Å². The molecule has 0 aliphatic heterocycles.